The van der Waals surface area contributed by atoms with Crippen LogP contribution in [0.4, 0.5) is 21.9 Å². The van der Waals surface area contributed by atoms with Crippen LogP contribution in [0.25, 0.3) is 0 Å². The maximum atomic E-state index is 12.4. The van der Waals surface area contributed by atoms with Crippen LogP contribution >= 0.6 is 23.2 Å². The summed E-state index contributed by atoms with van der Waals surface area (Å²) in [5.74, 6) is -0.358. The molecule has 0 atom stereocenters. The summed E-state index contributed by atoms with van der Waals surface area (Å²) >= 11 is 11.9. The molecule has 25 heavy (non-hydrogen) atoms. The number of anilines is 3. The highest BCUT2D eigenvalue weighted by atomic mass is 35.5. The monoisotopic (exact) mass is 378 g/mol. The first-order valence-corrected chi connectivity index (χ1v) is 8.41. The summed E-state index contributed by atoms with van der Waals surface area (Å²) in [6.45, 7) is 0. The van der Waals surface area contributed by atoms with Crippen molar-refractivity contribution in [1.82, 2.24) is 5.32 Å². The number of hydrogen-bond donors (Lipinski definition) is 4. The van der Waals surface area contributed by atoms with Gasteiger partial charge in [-0.1, -0.05) is 29.3 Å². The third-order valence-corrected chi connectivity index (χ3v) is 4.26. The number of nitrogens with one attached hydrogen (secondary N) is 3. The molecule has 0 spiro atoms. The third-order valence-electron chi connectivity index (χ3n) is 3.63. The normalized spacial score (nSPS) is 13.2. The molecule has 6 nitrogen and oxygen atoms in total. The van der Waals surface area contributed by atoms with Gasteiger partial charge in [0.05, 0.1) is 15.7 Å². The molecule has 2 aromatic rings. The standard InChI is InChI=1S/C17H16Cl2N4O2/c18-13-7-12(8-14(19)15(13)20)21-16(24)9-2-1-3-11(6-9)23-17(25)22-10-4-5-10/h1-3,6-8,10H,4-5,20H2,(H,21,24)(H2,22,23,25). The average molecular weight is 379 g/mol. The Kier molecular flexibility index (Phi) is 5.01. The molecule has 1 saturated carbocycles. The molecule has 1 aliphatic rings. The fourth-order valence-corrected chi connectivity index (χ4v) is 2.67. The molecule has 3 rings (SSSR count). The van der Waals surface area contributed by atoms with Gasteiger partial charge in [0.15, 0.2) is 0 Å². The van der Waals surface area contributed by atoms with Crippen LogP contribution in [0.1, 0.15) is 23.2 Å². The van der Waals surface area contributed by atoms with Crippen LogP contribution in [-0.2, 0) is 0 Å². The van der Waals surface area contributed by atoms with Crippen molar-refractivity contribution >= 4 is 52.2 Å². The second kappa shape index (κ2) is 7.21. The van der Waals surface area contributed by atoms with E-state index in [-0.39, 0.29) is 33.7 Å². The largest absolute Gasteiger partial charge is 0.396 e. The molecular formula is C17H16Cl2N4O2. The summed E-state index contributed by atoms with van der Waals surface area (Å²) in [6, 6.07) is 9.63. The number of nitrogen functional groups attached to an aromatic ring is 1. The van der Waals surface area contributed by atoms with Gasteiger partial charge < -0.3 is 21.7 Å². The lowest BCUT2D eigenvalue weighted by Gasteiger charge is -2.10. The van der Waals surface area contributed by atoms with E-state index in [1.54, 1.807) is 24.3 Å². The van der Waals surface area contributed by atoms with Crippen LogP contribution in [0.5, 0.6) is 0 Å². The minimum Gasteiger partial charge on any atom is -0.396 e. The molecule has 0 heterocycles. The van der Waals surface area contributed by atoms with Gasteiger partial charge >= 0.3 is 6.03 Å². The second-order valence-electron chi connectivity index (χ2n) is 5.76. The average Bonchev–Trinajstić information content (AvgIpc) is 3.36. The van der Waals surface area contributed by atoms with E-state index >= 15 is 0 Å². The number of urea groups is 1. The SMILES string of the molecule is Nc1c(Cl)cc(NC(=O)c2cccc(NC(=O)NC3CC3)c2)cc1Cl. The van der Waals surface area contributed by atoms with Gasteiger partial charge in [-0.2, -0.15) is 0 Å². The molecule has 8 heteroatoms. The van der Waals surface area contributed by atoms with E-state index in [1.165, 1.54) is 12.1 Å². The predicted octanol–water partition coefficient (Wildman–Crippen LogP) is 4.11. The maximum Gasteiger partial charge on any atom is 0.319 e. The molecule has 0 unspecified atom stereocenters. The van der Waals surface area contributed by atoms with Crippen LogP contribution in [0.15, 0.2) is 36.4 Å². The molecule has 0 bridgehead atoms. The molecule has 0 radical (unpaired) electrons. The number of halogens is 2. The van der Waals surface area contributed by atoms with E-state index < -0.39 is 0 Å². The van der Waals surface area contributed by atoms with Crippen molar-refractivity contribution in [3.05, 3.63) is 52.0 Å². The number of amides is 3. The number of nitrogens with two attached hydrogens (primary N) is 1. The highest BCUT2D eigenvalue weighted by Gasteiger charge is 2.23. The van der Waals surface area contributed by atoms with Gasteiger partial charge in [-0.25, -0.2) is 4.79 Å². The Morgan fingerprint density at radius 3 is 2.32 bits per heavy atom. The van der Waals surface area contributed by atoms with Gasteiger partial charge in [0.2, 0.25) is 0 Å². The zero-order valence-electron chi connectivity index (χ0n) is 13.1. The van der Waals surface area contributed by atoms with Crippen LogP contribution in [0, 0.1) is 0 Å². The Hall–Kier alpha value is -2.44. The van der Waals surface area contributed by atoms with Gasteiger partial charge in [-0.15, -0.1) is 0 Å². The lowest BCUT2D eigenvalue weighted by molar-refractivity contribution is 0.102. The van der Waals surface area contributed by atoms with E-state index in [2.05, 4.69) is 16.0 Å². The van der Waals surface area contributed by atoms with Gasteiger partial charge in [0.1, 0.15) is 0 Å². The minimum absolute atomic E-state index is 0.256. The molecule has 5 N–H and O–H groups in total. The van der Waals surface area contributed by atoms with Crippen molar-refractivity contribution in [2.45, 2.75) is 18.9 Å². The molecule has 0 saturated heterocycles. The number of rotatable bonds is 4. The maximum absolute atomic E-state index is 12.4. The van der Waals surface area contributed by atoms with Gasteiger partial charge in [0, 0.05) is 23.0 Å². The molecule has 0 aliphatic heterocycles. The number of benzene rings is 2. The van der Waals surface area contributed by atoms with Gasteiger partial charge in [0.25, 0.3) is 5.91 Å². The lowest BCUT2D eigenvalue weighted by Crippen LogP contribution is -2.30. The number of carbonyl (C=O) groups excluding carboxylic acids is 2. The first kappa shape index (κ1) is 17.4. The van der Waals surface area contributed by atoms with E-state index in [1.807, 2.05) is 0 Å². The number of hydrogen-bond acceptors (Lipinski definition) is 3. The Bertz CT molecular complexity index is 814. The summed E-state index contributed by atoms with van der Waals surface area (Å²) in [5, 5.41) is 8.74. The number of carbonyl (C=O) groups is 2. The molecule has 1 fully saturated rings. The summed E-state index contributed by atoms with van der Waals surface area (Å²) in [4.78, 5) is 24.2. The van der Waals surface area contributed by atoms with Gasteiger partial charge in [-0.3, -0.25) is 4.79 Å². The quantitative estimate of drug-likeness (QED) is 0.602. The van der Waals surface area contributed by atoms with Crippen molar-refractivity contribution in [2.75, 3.05) is 16.4 Å². The van der Waals surface area contributed by atoms with Crippen molar-refractivity contribution in [1.29, 1.82) is 0 Å². The van der Waals surface area contributed by atoms with Crippen LogP contribution in [0.2, 0.25) is 10.0 Å². The topological polar surface area (TPSA) is 96.2 Å². The summed E-state index contributed by atoms with van der Waals surface area (Å²) in [6.07, 6.45) is 2.01. The first-order valence-electron chi connectivity index (χ1n) is 7.66. The zero-order chi connectivity index (χ0) is 18.0. The van der Waals surface area contributed by atoms with Crippen molar-refractivity contribution < 1.29 is 9.59 Å². The van der Waals surface area contributed by atoms with Crippen molar-refractivity contribution in [2.24, 2.45) is 0 Å². The summed E-state index contributed by atoms with van der Waals surface area (Å²) < 4.78 is 0. The molecule has 3 amide bonds. The molecule has 2 aromatic carbocycles. The van der Waals surface area contributed by atoms with E-state index in [9.17, 15) is 9.59 Å². The Balaban J connectivity index is 1.69. The van der Waals surface area contributed by atoms with E-state index in [4.69, 9.17) is 28.9 Å². The first-order chi connectivity index (χ1) is 11.9. The molecule has 1 aliphatic carbocycles. The fourth-order valence-electron chi connectivity index (χ4n) is 2.18. The zero-order valence-corrected chi connectivity index (χ0v) is 14.6. The lowest BCUT2D eigenvalue weighted by atomic mass is 10.2. The minimum atomic E-state index is -0.358. The highest BCUT2D eigenvalue weighted by Crippen LogP contribution is 2.31. The smallest absolute Gasteiger partial charge is 0.319 e. The Labute approximate surface area is 154 Å². The fraction of sp³-hybridized carbons (Fsp3) is 0.176. The van der Waals surface area contributed by atoms with Crippen LogP contribution < -0.4 is 21.7 Å². The summed E-state index contributed by atoms with van der Waals surface area (Å²) in [7, 11) is 0. The summed E-state index contributed by atoms with van der Waals surface area (Å²) in [5.41, 5.74) is 7.27. The molecule has 130 valence electrons. The molecule has 0 aromatic heterocycles. The Morgan fingerprint density at radius 2 is 1.68 bits per heavy atom. The second-order valence-corrected chi connectivity index (χ2v) is 6.58. The predicted molar refractivity (Wildman–Crippen MR) is 100 cm³/mol. The molecular weight excluding hydrogens is 363 g/mol. The van der Waals surface area contributed by atoms with Crippen LogP contribution in [0.3, 0.4) is 0 Å². The Morgan fingerprint density at radius 1 is 1.00 bits per heavy atom. The van der Waals surface area contributed by atoms with E-state index in [0.29, 0.717) is 16.9 Å². The van der Waals surface area contributed by atoms with Crippen molar-refractivity contribution in [3.63, 3.8) is 0 Å². The van der Waals surface area contributed by atoms with Crippen molar-refractivity contribution in [3.8, 4) is 0 Å². The van der Waals surface area contributed by atoms with Crippen LogP contribution in [-0.4, -0.2) is 18.0 Å². The van der Waals surface area contributed by atoms with E-state index in [0.717, 1.165) is 12.8 Å². The van der Waals surface area contributed by atoms with Gasteiger partial charge in [-0.05, 0) is 43.2 Å². The highest BCUT2D eigenvalue weighted by molar-refractivity contribution is 6.39. The third kappa shape index (κ3) is 4.55.